The Morgan fingerprint density at radius 1 is 1.19 bits per heavy atom. The summed E-state index contributed by atoms with van der Waals surface area (Å²) in [7, 11) is 1.64. The predicted molar refractivity (Wildman–Crippen MR) is 68.9 cm³/mol. The highest BCUT2D eigenvalue weighted by atomic mass is 79.9. The number of rotatable bonds is 2. The lowest BCUT2D eigenvalue weighted by molar-refractivity contribution is 0.415. The van der Waals surface area contributed by atoms with E-state index in [-0.39, 0.29) is 0 Å². The summed E-state index contributed by atoms with van der Waals surface area (Å²) < 4.78 is 5.82. The SMILES string of the molecule is COc1ccc(-c2cc(Cl)cc(Br)n2)cc1. The van der Waals surface area contributed by atoms with E-state index in [1.54, 1.807) is 13.2 Å². The first-order valence-corrected chi connectivity index (χ1v) is 5.83. The summed E-state index contributed by atoms with van der Waals surface area (Å²) in [5.41, 5.74) is 1.84. The van der Waals surface area contributed by atoms with E-state index in [0.29, 0.717) is 5.02 Å². The van der Waals surface area contributed by atoms with Gasteiger partial charge in [0.1, 0.15) is 10.4 Å². The summed E-state index contributed by atoms with van der Waals surface area (Å²) in [6, 6.07) is 11.3. The third-order valence-electron chi connectivity index (χ3n) is 2.14. The second-order valence-corrected chi connectivity index (χ2v) is 4.47. The van der Waals surface area contributed by atoms with Crippen molar-refractivity contribution >= 4 is 27.5 Å². The van der Waals surface area contributed by atoms with Crippen molar-refractivity contribution in [1.29, 1.82) is 0 Å². The van der Waals surface area contributed by atoms with Gasteiger partial charge in [0.15, 0.2) is 0 Å². The molecule has 2 nitrogen and oxygen atoms in total. The van der Waals surface area contributed by atoms with Gasteiger partial charge >= 0.3 is 0 Å². The molecule has 0 atom stereocenters. The van der Waals surface area contributed by atoms with Gasteiger partial charge in [-0.2, -0.15) is 0 Å². The second-order valence-electron chi connectivity index (χ2n) is 3.22. The topological polar surface area (TPSA) is 22.1 Å². The monoisotopic (exact) mass is 297 g/mol. The maximum absolute atomic E-state index is 5.96. The molecule has 1 heterocycles. The van der Waals surface area contributed by atoms with Crippen molar-refractivity contribution in [3.05, 3.63) is 46.0 Å². The minimum atomic E-state index is 0.660. The molecular weight excluding hydrogens is 289 g/mol. The van der Waals surface area contributed by atoms with Crippen molar-refractivity contribution < 1.29 is 4.74 Å². The lowest BCUT2D eigenvalue weighted by Gasteiger charge is -2.04. The van der Waals surface area contributed by atoms with E-state index in [9.17, 15) is 0 Å². The van der Waals surface area contributed by atoms with Gasteiger partial charge in [0.2, 0.25) is 0 Å². The Balaban J connectivity index is 2.42. The van der Waals surface area contributed by atoms with Crippen molar-refractivity contribution in [2.45, 2.75) is 0 Å². The lowest BCUT2D eigenvalue weighted by atomic mass is 10.1. The number of methoxy groups -OCH3 is 1. The van der Waals surface area contributed by atoms with Crippen molar-refractivity contribution in [2.75, 3.05) is 7.11 Å². The number of benzene rings is 1. The molecule has 2 aromatic rings. The molecule has 82 valence electrons. The lowest BCUT2D eigenvalue weighted by Crippen LogP contribution is -1.86. The van der Waals surface area contributed by atoms with Gasteiger partial charge in [-0.05, 0) is 52.3 Å². The maximum Gasteiger partial charge on any atom is 0.118 e. The highest BCUT2D eigenvalue weighted by Crippen LogP contribution is 2.25. The molecule has 0 aliphatic heterocycles. The first kappa shape index (κ1) is 11.4. The molecule has 0 radical (unpaired) electrons. The third-order valence-corrected chi connectivity index (χ3v) is 2.77. The number of aromatic nitrogens is 1. The first-order valence-electron chi connectivity index (χ1n) is 4.66. The predicted octanol–water partition coefficient (Wildman–Crippen LogP) is 4.17. The van der Waals surface area contributed by atoms with Crippen LogP contribution < -0.4 is 4.74 Å². The van der Waals surface area contributed by atoms with Crippen molar-refractivity contribution in [1.82, 2.24) is 4.98 Å². The van der Waals surface area contributed by atoms with Crippen LogP contribution in [0.3, 0.4) is 0 Å². The summed E-state index contributed by atoms with van der Waals surface area (Å²) in [6.07, 6.45) is 0. The van der Waals surface area contributed by atoms with Crippen molar-refractivity contribution in [3.63, 3.8) is 0 Å². The van der Waals surface area contributed by atoms with Crippen LogP contribution in [0.2, 0.25) is 5.02 Å². The zero-order valence-corrected chi connectivity index (χ0v) is 10.9. The molecule has 0 bridgehead atoms. The summed E-state index contributed by atoms with van der Waals surface area (Å²) in [6.45, 7) is 0. The average Bonchev–Trinajstić information content (AvgIpc) is 2.28. The number of ether oxygens (including phenoxy) is 1. The molecule has 2 rings (SSSR count). The molecule has 0 aliphatic carbocycles. The van der Waals surface area contributed by atoms with E-state index in [1.165, 1.54) is 0 Å². The molecule has 4 heteroatoms. The standard InChI is InChI=1S/C12H9BrClNO/c1-16-10-4-2-8(3-5-10)11-6-9(14)7-12(13)15-11/h2-7H,1H3. The average molecular weight is 299 g/mol. The van der Waals surface area contributed by atoms with E-state index < -0.39 is 0 Å². The molecule has 0 amide bonds. The fourth-order valence-electron chi connectivity index (χ4n) is 1.38. The van der Waals surface area contributed by atoms with E-state index in [4.69, 9.17) is 16.3 Å². The van der Waals surface area contributed by atoms with Crippen LogP contribution in [0.25, 0.3) is 11.3 Å². The molecule has 0 unspecified atom stereocenters. The highest BCUT2D eigenvalue weighted by molar-refractivity contribution is 9.10. The van der Waals surface area contributed by atoms with Gasteiger partial charge in [-0.3, -0.25) is 0 Å². The molecular formula is C12H9BrClNO. The van der Waals surface area contributed by atoms with Crippen LogP contribution in [-0.2, 0) is 0 Å². The largest absolute Gasteiger partial charge is 0.497 e. The Hall–Kier alpha value is -1.06. The summed E-state index contributed by atoms with van der Waals surface area (Å²) in [4.78, 5) is 4.35. The molecule has 1 aromatic carbocycles. The van der Waals surface area contributed by atoms with Crippen LogP contribution in [0.5, 0.6) is 5.75 Å². The van der Waals surface area contributed by atoms with Gasteiger partial charge in [-0.25, -0.2) is 4.98 Å². The minimum absolute atomic E-state index is 0.660. The van der Waals surface area contributed by atoms with Gasteiger partial charge in [0.25, 0.3) is 0 Å². The molecule has 1 aromatic heterocycles. The molecule has 0 aliphatic rings. The number of halogens is 2. The van der Waals surface area contributed by atoms with Crippen LogP contribution >= 0.6 is 27.5 Å². The first-order chi connectivity index (χ1) is 7.69. The number of hydrogen-bond acceptors (Lipinski definition) is 2. The minimum Gasteiger partial charge on any atom is -0.497 e. The summed E-state index contributed by atoms with van der Waals surface area (Å²) in [5, 5.41) is 0.660. The van der Waals surface area contributed by atoms with Crippen LogP contribution in [0, 0.1) is 0 Å². The van der Waals surface area contributed by atoms with Crippen LogP contribution in [-0.4, -0.2) is 12.1 Å². The van der Waals surface area contributed by atoms with Crippen LogP contribution in [0.15, 0.2) is 41.0 Å². The van der Waals surface area contributed by atoms with Gasteiger partial charge in [0, 0.05) is 10.6 Å². The Bertz CT molecular complexity index is 479. The molecule has 0 saturated carbocycles. The zero-order valence-electron chi connectivity index (χ0n) is 8.58. The molecule has 0 saturated heterocycles. The van der Waals surface area contributed by atoms with E-state index in [1.807, 2.05) is 30.3 Å². The number of nitrogens with zero attached hydrogens (tertiary/aromatic N) is 1. The normalized spacial score (nSPS) is 10.2. The van der Waals surface area contributed by atoms with E-state index >= 15 is 0 Å². The number of pyridine rings is 1. The summed E-state index contributed by atoms with van der Waals surface area (Å²) >= 11 is 9.28. The van der Waals surface area contributed by atoms with Gasteiger partial charge in [-0.15, -0.1) is 0 Å². The fourth-order valence-corrected chi connectivity index (χ4v) is 2.15. The Morgan fingerprint density at radius 3 is 2.44 bits per heavy atom. The highest BCUT2D eigenvalue weighted by Gasteiger charge is 2.02. The Kier molecular flexibility index (Phi) is 3.46. The molecule has 16 heavy (non-hydrogen) atoms. The molecule has 0 N–H and O–H groups in total. The fraction of sp³-hybridized carbons (Fsp3) is 0.0833. The molecule has 0 spiro atoms. The van der Waals surface area contributed by atoms with Crippen molar-refractivity contribution in [3.8, 4) is 17.0 Å². The quantitative estimate of drug-likeness (QED) is 0.776. The third kappa shape index (κ3) is 2.54. The Labute approximate surface area is 107 Å². The van der Waals surface area contributed by atoms with E-state index in [0.717, 1.165) is 21.6 Å². The van der Waals surface area contributed by atoms with Crippen LogP contribution in [0.4, 0.5) is 0 Å². The molecule has 0 fully saturated rings. The van der Waals surface area contributed by atoms with Crippen molar-refractivity contribution in [2.24, 2.45) is 0 Å². The second kappa shape index (κ2) is 4.85. The Morgan fingerprint density at radius 2 is 1.88 bits per heavy atom. The maximum atomic E-state index is 5.96. The summed E-state index contributed by atoms with van der Waals surface area (Å²) in [5.74, 6) is 0.824. The smallest absolute Gasteiger partial charge is 0.118 e. The van der Waals surface area contributed by atoms with Gasteiger partial charge < -0.3 is 4.74 Å². The van der Waals surface area contributed by atoms with Gasteiger partial charge in [0.05, 0.1) is 12.8 Å². The zero-order chi connectivity index (χ0) is 11.5. The van der Waals surface area contributed by atoms with E-state index in [2.05, 4.69) is 20.9 Å². The van der Waals surface area contributed by atoms with Gasteiger partial charge in [-0.1, -0.05) is 11.6 Å². The van der Waals surface area contributed by atoms with Crippen LogP contribution in [0.1, 0.15) is 0 Å². The number of hydrogen-bond donors (Lipinski definition) is 0.